The second kappa shape index (κ2) is 5.75. The van der Waals surface area contributed by atoms with Gasteiger partial charge in [-0.1, -0.05) is 36.4 Å². The molecule has 104 valence electrons. The SMILES string of the molecule is COc1ccc(-c2ccc(-c3ncc(C)cn3)cc2)cc1. The van der Waals surface area contributed by atoms with E-state index in [1.165, 1.54) is 0 Å². The fraction of sp³-hybridized carbons (Fsp3) is 0.111. The normalized spacial score (nSPS) is 10.4. The number of benzene rings is 2. The van der Waals surface area contributed by atoms with E-state index in [2.05, 4.69) is 34.2 Å². The van der Waals surface area contributed by atoms with Crippen LogP contribution in [0.2, 0.25) is 0 Å². The quantitative estimate of drug-likeness (QED) is 0.721. The molecule has 0 fully saturated rings. The van der Waals surface area contributed by atoms with Gasteiger partial charge in [-0.15, -0.1) is 0 Å². The van der Waals surface area contributed by atoms with Crippen molar-refractivity contribution >= 4 is 0 Å². The van der Waals surface area contributed by atoms with Crippen LogP contribution in [-0.2, 0) is 0 Å². The highest BCUT2D eigenvalue weighted by atomic mass is 16.5. The maximum absolute atomic E-state index is 5.18. The molecule has 0 atom stereocenters. The molecular formula is C18H16N2O. The lowest BCUT2D eigenvalue weighted by atomic mass is 10.0. The Labute approximate surface area is 124 Å². The number of aromatic nitrogens is 2. The average Bonchev–Trinajstić information content (AvgIpc) is 2.56. The van der Waals surface area contributed by atoms with Gasteiger partial charge in [0.15, 0.2) is 5.82 Å². The first-order chi connectivity index (χ1) is 10.3. The molecule has 0 unspecified atom stereocenters. The number of hydrogen-bond acceptors (Lipinski definition) is 3. The van der Waals surface area contributed by atoms with E-state index in [0.29, 0.717) is 0 Å². The van der Waals surface area contributed by atoms with Gasteiger partial charge < -0.3 is 4.74 Å². The fourth-order valence-electron chi connectivity index (χ4n) is 2.14. The van der Waals surface area contributed by atoms with E-state index in [4.69, 9.17) is 4.74 Å². The number of methoxy groups -OCH3 is 1. The molecule has 3 nitrogen and oxygen atoms in total. The highest BCUT2D eigenvalue weighted by molar-refractivity contribution is 5.68. The zero-order valence-electron chi connectivity index (χ0n) is 12.1. The number of aryl methyl sites for hydroxylation is 1. The van der Waals surface area contributed by atoms with Gasteiger partial charge >= 0.3 is 0 Å². The Balaban J connectivity index is 1.87. The van der Waals surface area contributed by atoms with Crippen LogP contribution in [0.25, 0.3) is 22.5 Å². The Kier molecular flexibility index (Phi) is 3.65. The van der Waals surface area contributed by atoms with Crippen LogP contribution in [0.4, 0.5) is 0 Å². The van der Waals surface area contributed by atoms with Gasteiger partial charge in [-0.25, -0.2) is 9.97 Å². The summed E-state index contributed by atoms with van der Waals surface area (Å²) in [6.45, 7) is 1.98. The Morgan fingerprint density at radius 2 is 1.19 bits per heavy atom. The summed E-state index contributed by atoms with van der Waals surface area (Å²) in [5, 5.41) is 0. The van der Waals surface area contributed by atoms with Gasteiger partial charge in [-0.3, -0.25) is 0 Å². The van der Waals surface area contributed by atoms with Crippen LogP contribution in [0.3, 0.4) is 0 Å². The molecule has 0 saturated heterocycles. The molecular weight excluding hydrogens is 260 g/mol. The maximum atomic E-state index is 5.18. The Morgan fingerprint density at radius 3 is 1.71 bits per heavy atom. The molecule has 0 bridgehead atoms. The molecule has 0 N–H and O–H groups in total. The van der Waals surface area contributed by atoms with E-state index in [-0.39, 0.29) is 0 Å². The van der Waals surface area contributed by atoms with Crippen LogP contribution in [0, 0.1) is 6.92 Å². The minimum atomic E-state index is 0.752. The molecule has 3 rings (SSSR count). The molecule has 0 aliphatic rings. The lowest BCUT2D eigenvalue weighted by Crippen LogP contribution is -1.89. The van der Waals surface area contributed by atoms with Crippen molar-refractivity contribution in [3.05, 3.63) is 66.5 Å². The predicted octanol–water partition coefficient (Wildman–Crippen LogP) is 4.13. The van der Waals surface area contributed by atoms with Crippen LogP contribution in [0.1, 0.15) is 5.56 Å². The molecule has 0 amide bonds. The smallest absolute Gasteiger partial charge is 0.159 e. The van der Waals surface area contributed by atoms with Crippen molar-refractivity contribution in [3.63, 3.8) is 0 Å². The number of rotatable bonds is 3. The number of nitrogens with zero attached hydrogens (tertiary/aromatic N) is 2. The summed E-state index contributed by atoms with van der Waals surface area (Å²) in [4.78, 5) is 8.69. The van der Waals surface area contributed by atoms with Gasteiger partial charge in [0.2, 0.25) is 0 Å². The van der Waals surface area contributed by atoms with Crippen LogP contribution >= 0.6 is 0 Å². The van der Waals surface area contributed by atoms with E-state index < -0.39 is 0 Å². The van der Waals surface area contributed by atoms with Crippen molar-refractivity contribution in [2.45, 2.75) is 6.92 Å². The Bertz CT molecular complexity index is 717. The van der Waals surface area contributed by atoms with Crippen molar-refractivity contribution in [3.8, 4) is 28.3 Å². The largest absolute Gasteiger partial charge is 0.497 e. The summed E-state index contributed by atoms with van der Waals surface area (Å²) in [6, 6.07) is 16.3. The van der Waals surface area contributed by atoms with Gasteiger partial charge in [-0.05, 0) is 35.7 Å². The van der Waals surface area contributed by atoms with E-state index >= 15 is 0 Å². The molecule has 0 radical (unpaired) electrons. The molecule has 3 aromatic rings. The van der Waals surface area contributed by atoms with Crippen molar-refractivity contribution in [1.29, 1.82) is 0 Å². The summed E-state index contributed by atoms with van der Waals surface area (Å²) in [5.41, 5.74) is 4.40. The van der Waals surface area contributed by atoms with E-state index in [0.717, 1.165) is 33.8 Å². The van der Waals surface area contributed by atoms with Gasteiger partial charge in [0.25, 0.3) is 0 Å². The van der Waals surface area contributed by atoms with Gasteiger partial charge in [0.05, 0.1) is 7.11 Å². The van der Waals surface area contributed by atoms with E-state index in [1.54, 1.807) is 7.11 Å². The molecule has 0 saturated carbocycles. The highest BCUT2D eigenvalue weighted by Crippen LogP contribution is 2.24. The summed E-state index contributed by atoms with van der Waals surface area (Å²) in [6.07, 6.45) is 3.67. The van der Waals surface area contributed by atoms with Gasteiger partial charge in [-0.2, -0.15) is 0 Å². The first-order valence-electron chi connectivity index (χ1n) is 6.80. The van der Waals surface area contributed by atoms with Gasteiger partial charge in [0.1, 0.15) is 5.75 Å². The molecule has 3 heteroatoms. The molecule has 0 aliphatic carbocycles. The fourth-order valence-corrected chi connectivity index (χ4v) is 2.14. The van der Waals surface area contributed by atoms with Crippen molar-refractivity contribution in [1.82, 2.24) is 9.97 Å². The van der Waals surface area contributed by atoms with Crippen molar-refractivity contribution in [2.75, 3.05) is 7.11 Å². The molecule has 0 spiro atoms. The summed E-state index contributed by atoms with van der Waals surface area (Å²) >= 11 is 0. The molecule has 2 aromatic carbocycles. The van der Waals surface area contributed by atoms with Crippen LogP contribution < -0.4 is 4.74 Å². The average molecular weight is 276 g/mol. The Morgan fingerprint density at radius 1 is 0.714 bits per heavy atom. The van der Waals surface area contributed by atoms with Gasteiger partial charge in [0, 0.05) is 18.0 Å². The third-order valence-corrected chi connectivity index (χ3v) is 3.35. The number of ether oxygens (including phenoxy) is 1. The number of hydrogen-bond donors (Lipinski definition) is 0. The minimum Gasteiger partial charge on any atom is -0.497 e. The summed E-state index contributed by atoms with van der Waals surface area (Å²) in [5.74, 6) is 1.62. The third-order valence-electron chi connectivity index (χ3n) is 3.35. The first-order valence-corrected chi connectivity index (χ1v) is 6.80. The zero-order chi connectivity index (χ0) is 14.7. The second-order valence-electron chi connectivity index (χ2n) is 4.89. The zero-order valence-corrected chi connectivity index (χ0v) is 12.1. The standard InChI is InChI=1S/C18H16N2O/c1-13-11-19-18(20-12-13)16-5-3-14(4-6-16)15-7-9-17(21-2)10-8-15/h3-12H,1-2H3. The monoisotopic (exact) mass is 276 g/mol. The molecule has 1 aromatic heterocycles. The third kappa shape index (κ3) is 2.92. The molecule has 0 aliphatic heterocycles. The van der Waals surface area contributed by atoms with Crippen molar-refractivity contribution in [2.24, 2.45) is 0 Å². The van der Waals surface area contributed by atoms with Crippen LogP contribution in [0.15, 0.2) is 60.9 Å². The maximum Gasteiger partial charge on any atom is 0.159 e. The van der Waals surface area contributed by atoms with Crippen LogP contribution in [-0.4, -0.2) is 17.1 Å². The second-order valence-corrected chi connectivity index (χ2v) is 4.89. The molecule has 21 heavy (non-hydrogen) atoms. The first kappa shape index (κ1) is 13.3. The topological polar surface area (TPSA) is 35.0 Å². The van der Waals surface area contributed by atoms with E-state index in [9.17, 15) is 0 Å². The minimum absolute atomic E-state index is 0.752. The summed E-state index contributed by atoms with van der Waals surface area (Å²) < 4.78 is 5.18. The predicted molar refractivity (Wildman–Crippen MR) is 84.2 cm³/mol. The lowest BCUT2D eigenvalue weighted by molar-refractivity contribution is 0.415. The van der Waals surface area contributed by atoms with Crippen molar-refractivity contribution < 1.29 is 4.74 Å². The lowest BCUT2D eigenvalue weighted by Gasteiger charge is -2.05. The highest BCUT2D eigenvalue weighted by Gasteiger charge is 2.02. The van der Waals surface area contributed by atoms with E-state index in [1.807, 2.05) is 43.6 Å². The molecule has 1 heterocycles. The Hall–Kier alpha value is -2.68. The van der Waals surface area contributed by atoms with Crippen LogP contribution in [0.5, 0.6) is 5.75 Å². The summed E-state index contributed by atoms with van der Waals surface area (Å²) in [7, 11) is 1.67.